The van der Waals surface area contributed by atoms with Crippen LogP contribution in [-0.2, 0) is 4.79 Å². The van der Waals surface area contributed by atoms with Gasteiger partial charge in [0.2, 0.25) is 5.91 Å². The number of hydrogen-bond acceptors (Lipinski definition) is 2. The number of amides is 1. The lowest BCUT2D eigenvalue weighted by Gasteiger charge is -2.22. The highest BCUT2D eigenvalue weighted by atomic mass is 16.2. The quantitative estimate of drug-likeness (QED) is 0.733. The number of rotatable bonds is 8. The van der Waals surface area contributed by atoms with Crippen molar-refractivity contribution in [1.29, 1.82) is 0 Å². The molecule has 1 aliphatic heterocycles. The molecule has 1 heterocycles. The zero-order chi connectivity index (χ0) is 14.1. The fourth-order valence-corrected chi connectivity index (χ4v) is 3.11. The van der Waals surface area contributed by atoms with E-state index in [0.29, 0.717) is 11.9 Å². The van der Waals surface area contributed by atoms with Gasteiger partial charge in [0, 0.05) is 25.6 Å². The Hall–Kier alpha value is -0.570. The number of carbonyl (C=O) groups is 1. The van der Waals surface area contributed by atoms with E-state index in [1.807, 2.05) is 7.05 Å². The molecule has 0 aromatic rings. The fraction of sp³-hybridized carbons (Fsp3) is 0.938. The molecule has 0 spiro atoms. The van der Waals surface area contributed by atoms with Crippen LogP contribution in [0.15, 0.2) is 0 Å². The third-order valence-electron chi connectivity index (χ3n) is 4.51. The predicted octanol–water partition coefficient (Wildman–Crippen LogP) is 3.19. The highest BCUT2D eigenvalue weighted by Crippen LogP contribution is 2.22. The SMILES string of the molecule is CCCC1CCC(=O)N(CCCC(CC)NC)CC1. The van der Waals surface area contributed by atoms with Crippen LogP contribution in [0.1, 0.15) is 65.2 Å². The van der Waals surface area contributed by atoms with Gasteiger partial charge in [-0.05, 0) is 45.1 Å². The second kappa shape index (κ2) is 9.35. The Labute approximate surface area is 119 Å². The van der Waals surface area contributed by atoms with Crippen molar-refractivity contribution in [2.24, 2.45) is 5.92 Å². The molecule has 1 N–H and O–H groups in total. The van der Waals surface area contributed by atoms with Gasteiger partial charge in [0.05, 0.1) is 0 Å². The molecule has 1 fully saturated rings. The van der Waals surface area contributed by atoms with Gasteiger partial charge in [-0.15, -0.1) is 0 Å². The first-order chi connectivity index (χ1) is 9.21. The Morgan fingerprint density at radius 3 is 2.79 bits per heavy atom. The minimum atomic E-state index is 0.385. The van der Waals surface area contributed by atoms with Gasteiger partial charge in [-0.25, -0.2) is 0 Å². The Bertz CT molecular complexity index is 251. The molecular formula is C16H32N2O. The summed E-state index contributed by atoms with van der Waals surface area (Å²) in [4.78, 5) is 14.2. The van der Waals surface area contributed by atoms with Crippen LogP contribution in [0, 0.1) is 5.92 Å². The van der Waals surface area contributed by atoms with Gasteiger partial charge in [0.15, 0.2) is 0 Å². The van der Waals surface area contributed by atoms with Crippen molar-refractivity contribution in [2.75, 3.05) is 20.1 Å². The average molecular weight is 268 g/mol. The van der Waals surface area contributed by atoms with E-state index in [9.17, 15) is 4.79 Å². The van der Waals surface area contributed by atoms with Crippen LogP contribution >= 0.6 is 0 Å². The Balaban J connectivity index is 2.30. The molecule has 1 saturated heterocycles. The summed E-state index contributed by atoms with van der Waals surface area (Å²) in [6.07, 6.45) is 9.10. The second-order valence-electron chi connectivity index (χ2n) is 5.90. The number of nitrogens with zero attached hydrogens (tertiary/aromatic N) is 1. The lowest BCUT2D eigenvalue weighted by molar-refractivity contribution is -0.130. The van der Waals surface area contributed by atoms with Gasteiger partial charge in [0.25, 0.3) is 0 Å². The Morgan fingerprint density at radius 2 is 2.16 bits per heavy atom. The zero-order valence-corrected chi connectivity index (χ0v) is 13.1. The van der Waals surface area contributed by atoms with Crippen LogP contribution in [0.2, 0.25) is 0 Å². The normalized spacial score (nSPS) is 22.4. The van der Waals surface area contributed by atoms with E-state index < -0.39 is 0 Å². The molecule has 112 valence electrons. The van der Waals surface area contributed by atoms with Crippen molar-refractivity contribution in [1.82, 2.24) is 10.2 Å². The first-order valence-electron chi connectivity index (χ1n) is 8.16. The molecule has 1 amide bonds. The van der Waals surface area contributed by atoms with Crippen molar-refractivity contribution in [3.8, 4) is 0 Å². The maximum Gasteiger partial charge on any atom is 0.222 e. The van der Waals surface area contributed by atoms with E-state index in [0.717, 1.165) is 38.3 Å². The molecule has 2 unspecified atom stereocenters. The molecule has 0 aromatic heterocycles. The third kappa shape index (κ3) is 5.94. The van der Waals surface area contributed by atoms with E-state index in [-0.39, 0.29) is 0 Å². The molecule has 0 radical (unpaired) electrons. The van der Waals surface area contributed by atoms with E-state index >= 15 is 0 Å². The van der Waals surface area contributed by atoms with Crippen LogP contribution < -0.4 is 5.32 Å². The molecule has 1 rings (SSSR count). The summed E-state index contributed by atoms with van der Waals surface area (Å²) >= 11 is 0. The van der Waals surface area contributed by atoms with Crippen LogP contribution in [0.25, 0.3) is 0 Å². The fourth-order valence-electron chi connectivity index (χ4n) is 3.11. The van der Waals surface area contributed by atoms with Crippen LogP contribution in [0.4, 0.5) is 0 Å². The maximum absolute atomic E-state index is 12.1. The molecule has 0 bridgehead atoms. The van der Waals surface area contributed by atoms with Gasteiger partial charge in [-0.1, -0.05) is 26.7 Å². The summed E-state index contributed by atoms with van der Waals surface area (Å²) in [5, 5.41) is 3.33. The van der Waals surface area contributed by atoms with Crippen LogP contribution in [0.5, 0.6) is 0 Å². The Morgan fingerprint density at radius 1 is 1.37 bits per heavy atom. The molecule has 0 aliphatic carbocycles. The number of nitrogens with one attached hydrogen (secondary N) is 1. The van der Waals surface area contributed by atoms with Gasteiger partial charge in [-0.3, -0.25) is 4.79 Å². The summed E-state index contributed by atoms with van der Waals surface area (Å²) in [5.41, 5.74) is 0. The summed E-state index contributed by atoms with van der Waals surface area (Å²) < 4.78 is 0. The summed E-state index contributed by atoms with van der Waals surface area (Å²) in [6.45, 7) is 6.40. The Kier molecular flexibility index (Phi) is 8.11. The first kappa shape index (κ1) is 16.5. The number of hydrogen-bond donors (Lipinski definition) is 1. The summed E-state index contributed by atoms with van der Waals surface area (Å²) in [7, 11) is 2.03. The standard InChI is InChI=1S/C16H32N2O/c1-4-7-14-9-10-16(19)18(13-11-14)12-6-8-15(5-2)17-3/h14-15,17H,4-13H2,1-3H3. The van der Waals surface area contributed by atoms with E-state index in [1.165, 1.54) is 32.1 Å². The zero-order valence-electron chi connectivity index (χ0n) is 13.1. The van der Waals surface area contributed by atoms with Crippen molar-refractivity contribution in [3.63, 3.8) is 0 Å². The molecule has 19 heavy (non-hydrogen) atoms. The predicted molar refractivity (Wildman–Crippen MR) is 81.2 cm³/mol. The van der Waals surface area contributed by atoms with Crippen molar-refractivity contribution >= 4 is 5.91 Å². The molecule has 3 heteroatoms. The molecule has 3 nitrogen and oxygen atoms in total. The first-order valence-corrected chi connectivity index (χ1v) is 8.16. The monoisotopic (exact) mass is 268 g/mol. The highest BCUT2D eigenvalue weighted by molar-refractivity contribution is 5.76. The minimum Gasteiger partial charge on any atom is -0.343 e. The maximum atomic E-state index is 12.1. The van der Waals surface area contributed by atoms with Crippen molar-refractivity contribution in [2.45, 2.75) is 71.3 Å². The molecule has 0 aromatic carbocycles. The molecule has 1 aliphatic rings. The number of carbonyl (C=O) groups excluding carboxylic acids is 1. The van der Waals surface area contributed by atoms with Gasteiger partial charge < -0.3 is 10.2 Å². The van der Waals surface area contributed by atoms with Gasteiger partial charge in [0.1, 0.15) is 0 Å². The lowest BCUT2D eigenvalue weighted by atomic mass is 9.96. The van der Waals surface area contributed by atoms with Gasteiger partial charge >= 0.3 is 0 Å². The van der Waals surface area contributed by atoms with E-state index in [2.05, 4.69) is 24.1 Å². The topological polar surface area (TPSA) is 32.3 Å². The molecule has 0 saturated carbocycles. The van der Waals surface area contributed by atoms with Gasteiger partial charge in [-0.2, -0.15) is 0 Å². The van der Waals surface area contributed by atoms with E-state index in [1.54, 1.807) is 0 Å². The molecule has 2 atom stereocenters. The van der Waals surface area contributed by atoms with E-state index in [4.69, 9.17) is 0 Å². The van der Waals surface area contributed by atoms with Crippen molar-refractivity contribution in [3.05, 3.63) is 0 Å². The molecular weight excluding hydrogens is 236 g/mol. The largest absolute Gasteiger partial charge is 0.343 e. The summed E-state index contributed by atoms with van der Waals surface area (Å²) in [6, 6.07) is 0.606. The van der Waals surface area contributed by atoms with Crippen molar-refractivity contribution < 1.29 is 4.79 Å². The number of likely N-dealkylation sites (tertiary alicyclic amines) is 1. The summed E-state index contributed by atoms with van der Waals surface area (Å²) in [5.74, 6) is 1.16. The second-order valence-corrected chi connectivity index (χ2v) is 5.90. The lowest BCUT2D eigenvalue weighted by Crippen LogP contribution is -2.33. The highest BCUT2D eigenvalue weighted by Gasteiger charge is 2.21. The minimum absolute atomic E-state index is 0.385. The third-order valence-corrected chi connectivity index (χ3v) is 4.51. The van der Waals surface area contributed by atoms with Crippen LogP contribution in [0.3, 0.4) is 0 Å². The smallest absolute Gasteiger partial charge is 0.222 e. The average Bonchev–Trinajstić information content (AvgIpc) is 2.59. The van der Waals surface area contributed by atoms with Crippen LogP contribution in [-0.4, -0.2) is 37.0 Å².